The highest BCUT2D eigenvalue weighted by Crippen LogP contribution is 2.26. The number of carboxylic acids is 1. The fourth-order valence-corrected chi connectivity index (χ4v) is 3.14. The minimum atomic E-state index is -1.34. The minimum Gasteiger partial charge on any atom is -0.480 e. The number of hydrogen-bond acceptors (Lipinski definition) is 3. The van der Waals surface area contributed by atoms with Crippen LogP contribution in [0.5, 0.6) is 0 Å². The van der Waals surface area contributed by atoms with Crippen molar-refractivity contribution in [2.45, 2.75) is 31.2 Å². The van der Waals surface area contributed by atoms with Crippen LogP contribution in [-0.4, -0.2) is 36.1 Å². The van der Waals surface area contributed by atoms with Gasteiger partial charge < -0.3 is 15.7 Å². The van der Waals surface area contributed by atoms with Gasteiger partial charge in [0.05, 0.1) is 0 Å². The lowest BCUT2D eigenvalue weighted by Gasteiger charge is -2.31. The molecule has 1 atom stereocenters. The summed E-state index contributed by atoms with van der Waals surface area (Å²) >= 11 is 0. The normalized spacial score (nSPS) is 19.1. The second-order valence-electron chi connectivity index (χ2n) is 5.99. The fraction of sp³-hybridized carbons (Fsp3) is 0.562. The summed E-state index contributed by atoms with van der Waals surface area (Å²) in [6, 6.07) is 9.11. The van der Waals surface area contributed by atoms with E-state index in [4.69, 9.17) is 5.73 Å². The molecule has 0 bridgehead atoms. The number of carboxylic acid groups (broad SMARTS) is 1. The first-order valence-electron chi connectivity index (χ1n) is 7.29. The van der Waals surface area contributed by atoms with E-state index < -0.39 is 11.5 Å². The largest absolute Gasteiger partial charge is 0.480 e. The number of hydrogen-bond donors (Lipinski definition) is 2. The van der Waals surface area contributed by atoms with Crippen LogP contribution >= 0.6 is 0 Å². The Morgan fingerprint density at radius 2 is 1.95 bits per heavy atom. The average molecular weight is 276 g/mol. The van der Waals surface area contributed by atoms with E-state index in [0.29, 0.717) is 18.0 Å². The zero-order valence-electron chi connectivity index (χ0n) is 12.1. The summed E-state index contributed by atoms with van der Waals surface area (Å²) in [5.74, 6) is -0.282. The van der Waals surface area contributed by atoms with Crippen molar-refractivity contribution in [1.82, 2.24) is 4.90 Å². The van der Waals surface area contributed by atoms with Gasteiger partial charge in [0.2, 0.25) is 0 Å². The zero-order valence-corrected chi connectivity index (χ0v) is 12.1. The quantitative estimate of drug-likeness (QED) is 0.834. The maximum Gasteiger partial charge on any atom is 0.329 e. The van der Waals surface area contributed by atoms with Gasteiger partial charge in [-0.25, -0.2) is 4.79 Å². The van der Waals surface area contributed by atoms with E-state index in [-0.39, 0.29) is 0 Å². The molecule has 2 rings (SSSR count). The topological polar surface area (TPSA) is 66.6 Å². The van der Waals surface area contributed by atoms with Gasteiger partial charge in [0, 0.05) is 13.1 Å². The maximum absolute atomic E-state index is 11.6. The molecule has 0 aromatic heterocycles. The fourth-order valence-electron chi connectivity index (χ4n) is 3.14. The van der Waals surface area contributed by atoms with E-state index >= 15 is 0 Å². The van der Waals surface area contributed by atoms with E-state index in [1.165, 1.54) is 25.7 Å². The van der Waals surface area contributed by atoms with E-state index in [9.17, 15) is 9.90 Å². The van der Waals surface area contributed by atoms with Crippen molar-refractivity contribution in [3.8, 4) is 0 Å². The first-order valence-corrected chi connectivity index (χ1v) is 7.29. The van der Waals surface area contributed by atoms with Crippen LogP contribution in [0.4, 0.5) is 0 Å². The summed E-state index contributed by atoms with van der Waals surface area (Å²) < 4.78 is 0. The molecule has 0 radical (unpaired) electrons. The Morgan fingerprint density at radius 3 is 2.50 bits per heavy atom. The highest BCUT2D eigenvalue weighted by molar-refractivity contribution is 5.80. The van der Waals surface area contributed by atoms with Crippen LogP contribution in [-0.2, 0) is 10.3 Å². The molecule has 4 heteroatoms. The molecule has 0 amide bonds. The van der Waals surface area contributed by atoms with Crippen molar-refractivity contribution >= 4 is 5.97 Å². The third-order valence-corrected chi connectivity index (χ3v) is 4.23. The van der Waals surface area contributed by atoms with Crippen molar-refractivity contribution < 1.29 is 9.90 Å². The summed E-state index contributed by atoms with van der Waals surface area (Å²) in [7, 11) is 1.96. The predicted molar refractivity (Wildman–Crippen MR) is 79.4 cm³/mol. The second-order valence-corrected chi connectivity index (χ2v) is 5.99. The molecule has 1 saturated carbocycles. The van der Waals surface area contributed by atoms with Gasteiger partial charge >= 0.3 is 5.97 Å². The highest BCUT2D eigenvalue weighted by atomic mass is 16.4. The van der Waals surface area contributed by atoms with Crippen LogP contribution in [0.3, 0.4) is 0 Å². The van der Waals surface area contributed by atoms with E-state index in [2.05, 4.69) is 4.90 Å². The van der Waals surface area contributed by atoms with Crippen molar-refractivity contribution in [1.29, 1.82) is 0 Å². The van der Waals surface area contributed by atoms with Gasteiger partial charge in [-0.15, -0.1) is 0 Å². The minimum absolute atomic E-state index is 0.336. The second kappa shape index (κ2) is 6.37. The number of nitrogens with zero attached hydrogens (tertiary/aromatic N) is 1. The van der Waals surface area contributed by atoms with Gasteiger partial charge in [0.1, 0.15) is 0 Å². The lowest BCUT2D eigenvalue weighted by atomic mass is 9.90. The number of benzene rings is 1. The van der Waals surface area contributed by atoms with Gasteiger partial charge in [-0.1, -0.05) is 43.2 Å². The lowest BCUT2D eigenvalue weighted by molar-refractivity contribution is -0.144. The molecule has 0 aliphatic heterocycles. The van der Waals surface area contributed by atoms with Gasteiger partial charge in [-0.05, 0) is 31.4 Å². The molecule has 4 nitrogen and oxygen atoms in total. The average Bonchev–Trinajstić information content (AvgIpc) is 2.92. The van der Waals surface area contributed by atoms with Crippen molar-refractivity contribution in [2.24, 2.45) is 11.7 Å². The Morgan fingerprint density at radius 1 is 1.35 bits per heavy atom. The summed E-state index contributed by atoms with van der Waals surface area (Å²) in [4.78, 5) is 13.7. The molecule has 1 unspecified atom stereocenters. The molecule has 0 heterocycles. The molecule has 1 aliphatic carbocycles. The first kappa shape index (κ1) is 15.0. The van der Waals surface area contributed by atoms with Crippen LogP contribution < -0.4 is 5.73 Å². The van der Waals surface area contributed by atoms with Gasteiger partial charge in [0.25, 0.3) is 0 Å². The summed E-state index contributed by atoms with van der Waals surface area (Å²) in [6.07, 6.45) is 5.09. The Hall–Kier alpha value is -1.39. The van der Waals surface area contributed by atoms with E-state index in [0.717, 1.165) is 6.54 Å². The van der Waals surface area contributed by atoms with Gasteiger partial charge in [-0.2, -0.15) is 0 Å². The Balaban J connectivity index is 2.07. The maximum atomic E-state index is 11.6. The molecule has 20 heavy (non-hydrogen) atoms. The molecule has 0 saturated heterocycles. The molecule has 3 N–H and O–H groups in total. The monoisotopic (exact) mass is 276 g/mol. The number of rotatable bonds is 6. The number of likely N-dealkylation sites (N-methyl/N-ethyl adjacent to an activating group) is 1. The molecule has 1 aromatic rings. The molecule has 1 aliphatic rings. The smallest absolute Gasteiger partial charge is 0.329 e. The Bertz CT molecular complexity index is 443. The number of nitrogens with two attached hydrogens (primary N) is 1. The molecule has 0 spiro atoms. The number of carbonyl (C=O) groups is 1. The van der Waals surface area contributed by atoms with Gasteiger partial charge in [-0.3, -0.25) is 0 Å². The van der Waals surface area contributed by atoms with Crippen molar-refractivity contribution in [2.75, 3.05) is 20.1 Å². The van der Waals surface area contributed by atoms with Crippen LogP contribution in [0.1, 0.15) is 31.2 Å². The van der Waals surface area contributed by atoms with Crippen LogP contribution in [0, 0.1) is 5.92 Å². The molecular weight excluding hydrogens is 252 g/mol. The van der Waals surface area contributed by atoms with Crippen LogP contribution in [0.2, 0.25) is 0 Å². The summed E-state index contributed by atoms with van der Waals surface area (Å²) in [5, 5.41) is 9.54. The third kappa shape index (κ3) is 3.38. The van der Waals surface area contributed by atoms with Crippen molar-refractivity contribution in [3.63, 3.8) is 0 Å². The van der Waals surface area contributed by atoms with E-state index in [1.807, 2.05) is 25.2 Å². The SMILES string of the molecule is CN(CC1CCCC1)CC(N)(C(=O)O)c1ccccc1. The first-order chi connectivity index (χ1) is 9.52. The van der Waals surface area contributed by atoms with Crippen molar-refractivity contribution in [3.05, 3.63) is 35.9 Å². The molecule has 1 fully saturated rings. The lowest BCUT2D eigenvalue weighted by Crippen LogP contribution is -2.53. The van der Waals surface area contributed by atoms with Crippen LogP contribution in [0.25, 0.3) is 0 Å². The van der Waals surface area contributed by atoms with E-state index in [1.54, 1.807) is 12.1 Å². The highest BCUT2D eigenvalue weighted by Gasteiger charge is 2.37. The predicted octanol–water partition coefficient (Wildman–Crippen LogP) is 2.05. The summed E-state index contributed by atoms with van der Waals surface area (Å²) in [6.45, 7) is 1.27. The Kier molecular flexibility index (Phi) is 4.78. The zero-order chi connectivity index (χ0) is 14.6. The van der Waals surface area contributed by atoms with Crippen LogP contribution in [0.15, 0.2) is 30.3 Å². The van der Waals surface area contributed by atoms with Gasteiger partial charge in [0.15, 0.2) is 5.54 Å². The molecule has 1 aromatic carbocycles. The molecular formula is C16H24N2O2. The molecule has 110 valence electrons. The standard InChI is InChI=1S/C16H24N2O2/c1-18(11-13-7-5-6-8-13)12-16(17,15(19)20)14-9-3-2-4-10-14/h2-4,9-10,13H,5-8,11-12,17H2,1H3,(H,19,20). The Labute approximate surface area is 120 Å². The number of aliphatic carboxylic acids is 1. The summed E-state index contributed by atoms with van der Waals surface area (Å²) in [5.41, 5.74) is 5.52. The third-order valence-electron chi connectivity index (χ3n) is 4.23.